The number of aromatic nitrogens is 1. The van der Waals surface area contributed by atoms with Gasteiger partial charge in [0.1, 0.15) is 11.6 Å². The summed E-state index contributed by atoms with van der Waals surface area (Å²) in [6, 6.07) is 4.48. The van der Waals surface area contributed by atoms with Crippen LogP contribution in [0.4, 0.5) is 10.1 Å². The number of aliphatic imine (C=N–C) groups is 1. The Morgan fingerprint density at radius 2 is 2.22 bits per heavy atom. The second kappa shape index (κ2) is 7.89. The maximum Gasteiger partial charge on any atom is 0.256 e. The van der Waals surface area contributed by atoms with Crippen molar-refractivity contribution in [1.82, 2.24) is 4.98 Å². The zero-order valence-corrected chi connectivity index (χ0v) is 14.8. The third-order valence-corrected chi connectivity index (χ3v) is 4.07. The number of hydrogen-bond acceptors (Lipinski definition) is 4. The van der Waals surface area contributed by atoms with Crippen molar-refractivity contribution in [3.05, 3.63) is 47.0 Å². The van der Waals surface area contributed by atoms with Crippen LogP contribution in [-0.2, 0) is 4.79 Å². The first-order valence-corrected chi connectivity index (χ1v) is 8.21. The average molecular weight is 367 g/mol. The molecule has 0 saturated carbocycles. The smallest absolute Gasteiger partial charge is 0.256 e. The van der Waals surface area contributed by atoms with Gasteiger partial charge in [-0.3, -0.25) is 9.79 Å². The highest BCUT2D eigenvalue weighted by atomic mass is 19.1. The number of ether oxygens (including phenoxy) is 1. The van der Waals surface area contributed by atoms with Crippen LogP contribution in [0.3, 0.4) is 0 Å². The van der Waals surface area contributed by atoms with Crippen molar-refractivity contribution in [3.63, 3.8) is 0 Å². The van der Waals surface area contributed by atoms with E-state index in [0.717, 1.165) is 0 Å². The molecule has 0 radical (unpaired) electrons. The van der Waals surface area contributed by atoms with Crippen LogP contribution in [0.1, 0.15) is 16.8 Å². The molecule has 0 saturated heterocycles. The summed E-state index contributed by atoms with van der Waals surface area (Å²) in [5, 5.41) is 12.1. The first-order valence-electron chi connectivity index (χ1n) is 8.21. The molecule has 3 rings (SSSR count). The Labute approximate surface area is 155 Å². The van der Waals surface area contributed by atoms with Gasteiger partial charge in [-0.25, -0.2) is 4.39 Å². The Morgan fingerprint density at radius 3 is 2.93 bits per heavy atom. The third kappa shape index (κ3) is 3.61. The Hall–Kier alpha value is -3.37. The lowest BCUT2D eigenvalue weighted by Crippen LogP contribution is -2.05. The standard InChI is InChI=1S/C20H18FN3O3/c1-22-10-12(11-25)3-4-13-15(21)5-6-16-19(13)14(20(26)24-16)9-17-18(27-2)7-8-23-17/h5-10,12,23,25H,11H2,1-2H3,(H,24,26)/b14-9-,22-10+. The van der Waals surface area contributed by atoms with Crippen LogP contribution in [0.5, 0.6) is 5.75 Å². The van der Waals surface area contributed by atoms with Gasteiger partial charge < -0.3 is 20.1 Å². The summed E-state index contributed by atoms with van der Waals surface area (Å²) in [5.41, 5.74) is 1.82. The topological polar surface area (TPSA) is 86.7 Å². The molecule has 2 aromatic rings. The van der Waals surface area contributed by atoms with Crippen LogP contribution in [-0.4, -0.2) is 43.0 Å². The molecule has 1 aliphatic rings. The molecule has 138 valence electrons. The zero-order valence-electron chi connectivity index (χ0n) is 14.8. The lowest BCUT2D eigenvalue weighted by atomic mass is 9.98. The van der Waals surface area contributed by atoms with Gasteiger partial charge in [0.25, 0.3) is 5.91 Å². The predicted octanol–water partition coefficient (Wildman–Crippen LogP) is 2.32. The Kier molecular flexibility index (Phi) is 5.38. The number of methoxy groups -OCH3 is 1. The summed E-state index contributed by atoms with van der Waals surface area (Å²) >= 11 is 0. The van der Waals surface area contributed by atoms with E-state index in [0.29, 0.717) is 22.7 Å². The number of aliphatic hydroxyl groups excluding tert-OH is 1. The SMILES string of the molecule is C/N=C/C(C#Cc1c(F)ccc2c1/C(=C/c1[nH]ccc1OC)C(=O)N2)CO. The number of aliphatic hydroxyl groups is 1. The van der Waals surface area contributed by atoms with Crippen molar-refractivity contribution >= 4 is 29.5 Å². The normalized spacial score (nSPS) is 15.4. The number of anilines is 1. The molecular weight excluding hydrogens is 349 g/mol. The molecule has 1 aromatic carbocycles. The lowest BCUT2D eigenvalue weighted by Gasteiger charge is -2.05. The van der Waals surface area contributed by atoms with Crippen LogP contribution in [0.2, 0.25) is 0 Å². The van der Waals surface area contributed by atoms with E-state index < -0.39 is 11.7 Å². The summed E-state index contributed by atoms with van der Waals surface area (Å²) in [6.07, 6.45) is 4.76. The van der Waals surface area contributed by atoms with E-state index in [1.54, 1.807) is 25.4 Å². The number of carbonyl (C=O) groups excluding carboxylic acids is 1. The van der Waals surface area contributed by atoms with Gasteiger partial charge >= 0.3 is 0 Å². The second-order valence-electron chi connectivity index (χ2n) is 5.78. The fourth-order valence-electron chi connectivity index (χ4n) is 2.80. The first kappa shape index (κ1) is 18.4. The van der Waals surface area contributed by atoms with Crippen molar-refractivity contribution in [1.29, 1.82) is 0 Å². The van der Waals surface area contributed by atoms with E-state index in [1.165, 1.54) is 25.5 Å². The number of benzene rings is 1. The molecule has 0 bridgehead atoms. The van der Waals surface area contributed by atoms with Gasteiger partial charge in [0.2, 0.25) is 0 Å². The number of rotatable bonds is 4. The molecule has 6 nitrogen and oxygen atoms in total. The van der Waals surface area contributed by atoms with Gasteiger partial charge in [-0.1, -0.05) is 11.8 Å². The third-order valence-electron chi connectivity index (χ3n) is 4.07. The second-order valence-corrected chi connectivity index (χ2v) is 5.78. The summed E-state index contributed by atoms with van der Waals surface area (Å²) in [4.78, 5) is 19.3. The van der Waals surface area contributed by atoms with Crippen molar-refractivity contribution in [2.75, 3.05) is 26.1 Å². The highest BCUT2D eigenvalue weighted by molar-refractivity contribution is 6.35. The van der Waals surface area contributed by atoms with E-state index in [9.17, 15) is 14.3 Å². The molecule has 1 amide bonds. The number of halogens is 1. The molecule has 3 N–H and O–H groups in total. The number of nitrogens with zero attached hydrogens (tertiary/aromatic N) is 1. The fraction of sp³-hybridized carbons (Fsp3) is 0.200. The van der Waals surface area contributed by atoms with E-state index in [1.807, 2.05) is 0 Å². The molecule has 2 heterocycles. The number of fused-ring (bicyclic) bond motifs is 1. The Balaban J connectivity index is 2.14. The summed E-state index contributed by atoms with van der Waals surface area (Å²) < 4.78 is 19.8. The van der Waals surface area contributed by atoms with Crippen LogP contribution < -0.4 is 10.1 Å². The predicted molar refractivity (Wildman–Crippen MR) is 102 cm³/mol. The highest BCUT2D eigenvalue weighted by Crippen LogP contribution is 2.37. The maximum absolute atomic E-state index is 14.5. The molecular formula is C20H18FN3O3. The monoisotopic (exact) mass is 367 g/mol. The van der Waals surface area contributed by atoms with Gasteiger partial charge in [-0.2, -0.15) is 0 Å². The molecule has 1 atom stereocenters. The summed E-state index contributed by atoms with van der Waals surface area (Å²) in [6.45, 7) is -0.236. The van der Waals surface area contributed by atoms with Gasteiger partial charge in [0.05, 0.1) is 42.2 Å². The van der Waals surface area contributed by atoms with Crippen LogP contribution >= 0.6 is 0 Å². The fourth-order valence-corrected chi connectivity index (χ4v) is 2.80. The maximum atomic E-state index is 14.5. The number of hydrogen-bond donors (Lipinski definition) is 3. The van der Waals surface area contributed by atoms with Crippen LogP contribution in [0.15, 0.2) is 29.4 Å². The molecule has 0 fully saturated rings. The molecule has 27 heavy (non-hydrogen) atoms. The average Bonchev–Trinajstić information content (AvgIpc) is 3.24. The van der Waals surface area contributed by atoms with E-state index in [2.05, 4.69) is 27.1 Å². The number of H-pyrrole nitrogens is 1. The molecule has 1 unspecified atom stereocenters. The molecule has 7 heteroatoms. The van der Waals surface area contributed by atoms with Crippen LogP contribution in [0, 0.1) is 23.6 Å². The van der Waals surface area contributed by atoms with E-state index in [4.69, 9.17) is 4.74 Å². The highest BCUT2D eigenvalue weighted by Gasteiger charge is 2.29. The number of aromatic amines is 1. The number of amides is 1. The lowest BCUT2D eigenvalue weighted by molar-refractivity contribution is -0.110. The quantitative estimate of drug-likeness (QED) is 0.440. The van der Waals surface area contributed by atoms with Crippen LogP contribution in [0.25, 0.3) is 11.6 Å². The summed E-state index contributed by atoms with van der Waals surface area (Å²) in [5.74, 6) is 4.68. The van der Waals surface area contributed by atoms with Crippen molar-refractivity contribution in [2.45, 2.75) is 0 Å². The molecule has 1 aromatic heterocycles. The van der Waals surface area contributed by atoms with Crippen molar-refractivity contribution < 1.29 is 19.0 Å². The minimum absolute atomic E-state index is 0.0885. The van der Waals surface area contributed by atoms with Crippen molar-refractivity contribution in [3.8, 4) is 17.6 Å². The van der Waals surface area contributed by atoms with Gasteiger partial charge in [-0.15, -0.1) is 0 Å². The van der Waals surface area contributed by atoms with E-state index >= 15 is 0 Å². The molecule has 0 spiro atoms. The largest absolute Gasteiger partial charge is 0.495 e. The van der Waals surface area contributed by atoms with E-state index in [-0.39, 0.29) is 23.7 Å². The van der Waals surface area contributed by atoms with Crippen molar-refractivity contribution in [2.24, 2.45) is 10.9 Å². The first-order chi connectivity index (χ1) is 13.1. The summed E-state index contributed by atoms with van der Waals surface area (Å²) in [7, 11) is 3.09. The minimum Gasteiger partial charge on any atom is -0.495 e. The van der Waals surface area contributed by atoms with Gasteiger partial charge in [-0.05, 0) is 24.3 Å². The zero-order chi connectivity index (χ0) is 19.4. The number of nitrogens with one attached hydrogen (secondary N) is 2. The van der Waals surface area contributed by atoms with Gasteiger partial charge in [0, 0.05) is 25.0 Å². The Morgan fingerprint density at radius 1 is 1.41 bits per heavy atom. The minimum atomic E-state index is -0.549. The van der Waals surface area contributed by atoms with Gasteiger partial charge in [0.15, 0.2) is 0 Å². The number of carbonyl (C=O) groups is 1. The Bertz CT molecular complexity index is 996. The molecule has 1 aliphatic heterocycles. The molecule has 0 aliphatic carbocycles.